The summed E-state index contributed by atoms with van der Waals surface area (Å²) in [7, 11) is 0. The number of nitriles is 1. The Morgan fingerprint density at radius 3 is 2.73 bits per heavy atom. The predicted molar refractivity (Wildman–Crippen MR) is 113 cm³/mol. The van der Waals surface area contributed by atoms with Crippen LogP contribution in [0.4, 0.5) is 5.69 Å². The molecule has 0 spiro atoms. The number of benzene rings is 2. The Morgan fingerprint density at radius 2 is 2.03 bits per heavy atom. The summed E-state index contributed by atoms with van der Waals surface area (Å²) in [5.41, 5.74) is 3.29. The van der Waals surface area contributed by atoms with Crippen molar-refractivity contribution >= 4 is 29.0 Å². The Kier molecular flexibility index (Phi) is 4.63. The first kappa shape index (κ1) is 19.0. The number of halogens is 1. The average molecular weight is 422 g/mol. The molecule has 30 heavy (non-hydrogen) atoms. The number of hydrogen-bond donors (Lipinski definition) is 1. The number of rotatable bonds is 3. The zero-order valence-electron chi connectivity index (χ0n) is 16.2. The Morgan fingerprint density at radius 1 is 1.23 bits per heavy atom. The van der Waals surface area contributed by atoms with Crippen LogP contribution in [-0.2, 0) is 0 Å². The summed E-state index contributed by atoms with van der Waals surface area (Å²) in [4.78, 5) is 11.3. The van der Waals surface area contributed by atoms with Crippen molar-refractivity contribution in [2.24, 2.45) is 16.9 Å². The van der Waals surface area contributed by atoms with E-state index >= 15 is 0 Å². The van der Waals surface area contributed by atoms with Crippen molar-refractivity contribution in [3.8, 4) is 11.8 Å². The van der Waals surface area contributed by atoms with Crippen LogP contribution >= 0.6 is 11.6 Å². The van der Waals surface area contributed by atoms with Crippen LogP contribution in [0.5, 0.6) is 5.75 Å². The van der Waals surface area contributed by atoms with Crippen LogP contribution in [0, 0.1) is 23.2 Å². The molecule has 7 heteroatoms. The number of ether oxygens (including phenoxy) is 1. The van der Waals surface area contributed by atoms with Gasteiger partial charge in [-0.3, -0.25) is 5.01 Å². The molecule has 3 aliphatic rings. The number of carboxylic acid groups (broad SMARTS) is 1. The highest BCUT2D eigenvalue weighted by Crippen LogP contribution is 2.44. The maximum Gasteiger partial charge on any atom is 0.335 e. The van der Waals surface area contributed by atoms with E-state index in [0.29, 0.717) is 28.9 Å². The van der Waals surface area contributed by atoms with Crippen LogP contribution in [0.25, 0.3) is 0 Å². The van der Waals surface area contributed by atoms with E-state index in [4.69, 9.17) is 21.4 Å². The first-order valence-electron chi connectivity index (χ1n) is 10.1. The fraction of sp³-hybridized carbons (Fsp3) is 0.348. The van der Waals surface area contributed by atoms with Crippen LogP contribution in [0.2, 0.25) is 5.02 Å². The minimum absolute atomic E-state index is 0.102. The lowest BCUT2D eigenvalue weighted by atomic mass is 9.81. The molecule has 1 saturated carbocycles. The Hall–Kier alpha value is -3.04. The highest BCUT2D eigenvalue weighted by atomic mass is 35.5. The molecule has 0 saturated heterocycles. The molecule has 6 nitrogen and oxygen atoms in total. The Bertz CT molecular complexity index is 1100. The van der Waals surface area contributed by atoms with Crippen LogP contribution in [0.1, 0.15) is 47.2 Å². The van der Waals surface area contributed by atoms with Crippen molar-refractivity contribution in [3.63, 3.8) is 0 Å². The number of carboxylic acids is 1. The Balaban J connectivity index is 1.59. The standard InChI is InChI=1S/C23H20ClN3O3/c24-19-10-16(7-5-15(19)11-25)27-22(13-3-1-2-4-13)18-12-30-20-9-14(23(28)29)6-8-17(20)21(18)26-27/h5-10,13,18,22H,1-4,12H2,(H,28,29)/t18-,22-/m0/s1. The molecule has 2 atom stereocenters. The monoisotopic (exact) mass is 421 g/mol. The number of hydrazone groups is 1. The van der Waals surface area contributed by atoms with Crippen LogP contribution < -0.4 is 9.75 Å². The van der Waals surface area contributed by atoms with E-state index in [-0.39, 0.29) is 17.5 Å². The molecule has 152 valence electrons. The van der Waals surface area contributed by atoms with Crippen molar-refractivity contribution < 1.29 is 14.6 Å². The molecular weight excluding hydrogens is 402 g/mol. The second kappa shape index (κ2) is 7.33. The molecule has 0 radical (unpaired) electrons. The maximum absolute atomic E-state index is 11.3. The SMILES string of the molecule is N#Cc1ccc(N2N=C3c4ccc(C(=O)O)cc4OC[C@@H]3[C@@H]2C2CCCC2)cc1Cl. The predicted octanol–water partition coefficient (Wildman–Crippen LogP) is 4.70. The van der Waals surface area contributed by atoms with Crippen LogP contribution in [0.3, 0.4) is 0 Å². The third-order valence-corrected chi connectivity index (χ3v) is 6.72. The van der Waals surface area contributed by atoms with E-state index in [9.17, 15) is 15.2 Å². The molecule has 1 aliphatic carbocycles. The quantitative estimate of drug-likeness (QED) is 0.776. The van der Waals surface area contributed by atoms with Gasteiger partial charge in [0.1, 0.15) is 11.8 Å². The van der Waals surface area contributed by atoms with Gasteiger partial charge in [0.2, 0.25) is 0 Å². The van der Waals surface area contributed by atoms with Gasteiger partial charge in [-0.1, -0.05) is 24.4 Å². The van der Waals surface area contributed by atoms with E-state index in [2.05, 4.69) is 6.07 Å². The van der Waals surface area contributed by atoms with Gasteiger partial charge in [0.15, 0.2) is 0 Å². The number of nitrogens with zero attached hydrogens (tertiary/aromatic N) is 3. The molecule has 1 N–H and O–H groups in total. The third kappa shape index (κ3) is 3.01. The summed E-state index contributed by atoms with van der Waals surface area (Å²) in [6, 6.07) is 12.6. The fourth-order valence-corrected chi connectivity index (χ4v) is 5.20. The van der Waals surface area contributed by atoms with Crippen molar-refractivity contribution in [2.45, 2.75) is 31.7 Å². The van der Waals surface area contributed by atoms with E-state index < -0.39 is 5.97 Å². The number of carbonyl (C=O) groups is 1. The normalized spacial score (nSPS) is 22.7. The fourth-order valence-electron chi connectivity index (χ4n) is 4.98. The molecule has 0 unspecified atom stereocenters. The molecule has 0 aromatic heterocycles. The van der Waals surface area contributed by atoms with Gasteiger partial charge in [0.25, 0.3) is 0 Å². The minimum atomic E-state index is -0.977. The summed E-state index contributed by atoms with van der Waals surface area (Å²) in [6.07, 6.45) is 4.72. The lowest BCUT2D eigenvalue weighted by Crippen LogP contribution is -2.43. The van der Waals surface area contributed by atoms with E-state index in [0.717, 1.165) is 29.8 Å². The lowest BCUT2D eigenvalue weighted by Gasteiger charge is -2.34. The van der Waals surface area contributed by atoms with Gasteiger partial charge in [-0.05, 0) is 55.2 Å². The number of hydrogen-bond acceptors (Lipinski definition) is 5. The third-order valence-electron chi connectivity index (χ3n) is 6.40. The van der Waals surface area contributed by atoms with Crippen LogP contribution in [0.15, 0.2) is 41.5 Å². The topological polar surface area (TPSA) is 85.9 Å². The van der Waals surface area contributed by atoms with Gasteiger partial charge in [-0.2, -0.15) is 10.4 Å². The number of aromatic carboxylic acids is 1. The number of anilines is 1. The smallest absolute Gasteiger partial charge is 0.335 e. The summed E-state index contributed by atoms with van der Waals surface area (Å²) < 4.78 is 6.02. The highest BCUT2D eigenvalue weighted by Gasteiger charge is 2.46. The zero-order valence-corrected chi connectivity index (χ0v) is 17.0. The Labute approximate surface area is 179 Å². The van der Waals surface area contributed by atoms with Crippen molar-refractivity contribution in [1.29, 1.82) is 5.26 Å². The van der Waals surface area contributed by atoms with E-state index in [1.807, 2.05) is 11.1 Å². The molecule has 2 aromatic rings. The first-order chi connectivity index (χ1) is 14.6. The first-order valence-corrected chi connectivity index (χ1v) is 10.5. The molecule has 0 bridgehead atoms. The van der Waals surface area contributed by atoms with Gasteiger partial charge >= 0.3 is 5.97 Å². The summed E-state index contributed by atoms with van der Waals surface area (Å²) in [6.45, 7) is 0.469. The van der Waals surface area contributed by atoms with Gasteiger partial charge in [-0.25, -0.2) is 4.79 Å². The molecule has 5 rings (SSSR count). The van der Waals surface area contributed by atoms with E-state index in [1.54, 1.807) is 30.3 Å². The van der Waals surface area contributed by atoms with Crippen molar-refractivity contribution in [1.82, 2.24) is 0 Å². The molecule has 0 amide bonds. The molecular formula is C23H20ClN3O3. The average Bonchev–Trinajstić information content (AvgIpc) is 3.40. The minimum Gasteiger partial charge on any atom is -0.492 e. The molecule has 2 heterocycles. The van der Waals surface area contributed by atoms with Crippen molar-refractivity contribution in [2.75, 3.05) is 11.6 Å². The number of fused-ring (bicyclic) bond motifs is 3. The van der Waals surface area contributed by atoms with Crippen LogP contribution in [-0.4, -0.2) is 29.4 Å². The zero-order chi connectivity index (χ0) is 20.8. The summed E-state index contributed by atoms with van der Waals surface area (Å²) in [5.74, 6) is 0.184. The second-order valence-corrected chi connectivity index (χ2v) is 8.48. The molecule has 2 aromatic carbocycles. The summed E-state index contributed by atoms with van der Waals surface area (Å²) >= 11 is 6.32. The van der Waals surface area contributed by atoms with Gasteiger partial charge < -0.3 is 9.84 Å². The highest BCUT2D eigenvalue weighted by molar-refractivity contribution is 6.32. The van der Waals surface area contributed by atoms with Gasteiger partial charge in [0, 0.05) is 5.56 Å². The van der Waals surface area contributed by atoms with Gasteiger partial charge in [0.05, 0.1) is 46.1 Å². The summed E-state index contributed by atoms with van der Waals surface area (Å²) in [5, 5.41) is 26.0. The second-order valence-electron chi connectivity index (χ2n) is 8.07. The lowest BCUT2D eigenvalue weighted by molar-refractivity contribution is 0.0696. The molecule has 1 fully saturated rings. The van der Waals surface area contributed by atoms with E-state index in [1.165, 1.54) is 12.8 Å². The van der Waals surface area contributed by atoms with Gasteiger partial charge in [-0.15, -0.1) is 0 Å². The van der Waals surface area contributed by atoms with Crippen molar-refractivity contribution in [3.05, 3.63) is 58.1 Å². The molecule has 2 aliphatic heterocycles. The maximum atomic E-state index is 11.3. The largest absolute Gasteiger partial charge is 0.492 e.